The zero-order chi connectivity index (χ0) is 15.4. The number of nitrogen functional groups attached to an aromatic ring is 1. The second-order valence-corrected chi connectivity index (χ2v) is 4.49. The van der Waals surface area contributed by atoms with Gasteiger partial charge in [0.15, 0.2) is 17.3 Å². The van der Waals surface area contributed by atoms with Gasteiger partial charge in [-0.25, -0.2) is 4.98 Å². The Kier molecular flexibility index (Phi) is 4.37. The highest BCUT2D eigenvalue weighted by molar-refractivity contribution is 5.72. The van der Waals surface area contributed by atoms with Crippen LogP contribution < -0.4 is 25.3 Å². The third kappa shape index (κ3) is 3.10. The lowest BCUT2D eigenvalue weighted by Crippen LogP contribution is -2.01. The standard InChI is InChI=1S/C15H19N3O3/c1-9-5-11(16)15(17-8-9)18-10-6-12(19-2)14(21-4)13(7-10)20-3/h5-8H,16H2,1-4H3,(H,17,18). The largest absolute Gasteiger partial charge is 0.493 e. The number of ether oxygens (including phenoxy) is 3. The molecule has 6 nitrogen and oxygen atoms in total. The Morgan fingerprint density at radius 3 is 2.10 bits per heavy atom. The fourth-order valence-electron chi connectivity index (χ4n) is 1.99. The SMILES string of the molecule is COc1cc(Nc2ncc(C)cc2N)cc(OC)c1OC. The number of rotatable bonds is 5. The number of hydrogen-bond donors (Lipinski definition) is 2. The van der Waals surface area contributed by atoms with Gasteiger partial charge in [-0.1, -0.05) is 0 Å². The molecule has 2 aromatic rings. The molecule has 0 amide bonds. The molecular weight excluding hydrogens is 270 g/mol. The van der Waals surface area contributed by atoms with Crippen LogP contribution in [0.3, 0.4) is 0 Å². The molecule has 0 saturated carbocycles. The number of nitrogens with one attached hydrogen (secondary N) is 1. The maximum absolute atomic E-state index is 5.95. The molecular formula is C15H19N3O3. The Morgan fingerprint density at radius 2 is 1.62 bits per heavy atom. The van der Waals surface area contributed by atoms with Crippen LogP contribution in [0.5, 0.6) is 17.2 Å². The third-order valence-corrected chi connectivity index (χ3v) is 2.98. The van der Waals surface area contributed by atoms with Crippen LogP contribution in [0.15, 0.2) is 24.4 Å². The van der Waals surface area contributed by atoms with Gasteiger partial charge >= 0.3 is 0 Å². The molecule has 0 bridgehead atoms. The molecule has 0 unspecified atom stereocenters. The van der Waals surface area contributed by atoms with Gasteiger partial charge in [0.2, 0.25) is 5.75 Å². The van der Waals surface area contributed by atoms with Crippen molar-refractivity contribution < 1.29 is 14.2 Å². The molecule has 0 spiro atoms. The number of nitrogens with zero attached hydrogens (tertiary/aromatic N) is 1. The molecule has 6 heteroatoms. The van der Waals surface area contributed by atoms with E-state index < -0.39 is 0 Å². The van der Waals surface area contributed by atoms with Gasteiger partial charge in [-0.2, -0.15) is 0 Å². The van der Waals surface area contributed by atoms with Crippen molar-refractivity contribution in [2.75, 3.05) is 32.4 Å². The summed E-state index contributed by atoms with van der Waals surface area (Å²) >= 11 is 0. The lowest BCUT2D eigenvalue weighted by Gasteiger charge is -2.15. The van der Waals surface area contributed by atoms with E-state index in [0.29, 0.717) is 28.8 Å². The van der Waals surface area contributed by atoms with Gasteiger partial charge in [-0.05, 0) is 18.6 Å². The Bertz CT molecular complexity index is 619. The van der Waals surface area contributed by atoms with Crippen molar-refractivity contribution in [1.29, 1.82) is 0 Å². The molecule has 0 aliphatic carbocycles. The molecule has 1 aromatic heterocycles. The Hall–Kier alpha value is -2.63. The van der Waals surface area contributed by atoms with Crippen molar-refractivity contribution in [3.63, 3.8) is 0 Å². The van der Waals surface area contributed by atoms with Gasteiger partial charge in [-0.15, -0.1) is 0 Å². The van der Waals surface area contributed by atoms with E-state index in [1.165, 1.54) is 0 Å². The Balaban J connectivity index is 2.40. The molecule has 3 N–H and O–H groups in total. The van der Waals surface area contributed by atoms with Crippen LogP contribution in [0.1, 0.15) is 5.56 Å². The van der Waals surface area contributed by atoms with E-state index in [-0.39, 0.29) is 0 Å². The molecule has 1 aromatic carbocycles. The Morgan fingerprint density at radius 1 is 1.00 bits per heavy atom. The summed E-state index contributed by atoms with van der Waals surface area (Å²) < 4.78 is 15.9. The first-order valence-corrected chi connectivity index (χ1v) is 6.38. The van der Waals surface area contributed by atoms with Crippen LogP contribution in [0, 0.1) is 6.92 Å². The molecule has 0 aliphatic rings. The van der Waals surface area contributed by atoms with E-state index in [1.807, 2.05) is 13.0 Å². The number of aryl methyl sites for hydroxylation is 1. The molecule has 0 atom stereocenters. The van der Waals surface area contributed by atoms with Gasteiger partial charge < -0.3 is 25.3 Å². The summed E-state index contributed by atoms with van der Waals surface area (Å²) in [5.41, 5.74) is 8.27. The molecule has 0 saturated heterocycles. The zero-order valence-electron chi connectivity index (χ0n) is 12.6. The quantitative estimate of drug-likeness (QED) is 0.881. The molecule has 112 valence electrons. The lowest BCUT2D eigenvalue weighted by atomic mass is 10.2. The van der Waals surface area contributed by atoms with Gasteiger partial charge in [0.05, 0.1) is 27.0 Å². The number of pyridine rings is 1. The highest BCUT2D eigenvalue weighted by atomic mass is 16.5. The summed E-state index contributed by atoms with van der Waals surface area (Å²) in [6, 6.07) is 5.44. The highest BCUT2D eigenvalue weighted by Crippen LogP contribution is 2.40. The van der Waals surface area contributed by atoms with E-state index in [9.17, 15) is 0 Å². The average Bonchev–Trinajstić information content (AvgIpc) is 2.49. The van der Waals surface area contributed by atoms with Crippen LogP contribution in [0.25, 0.3) is 0 Å². The second kappa shape index (κ2) is 6.21. The summed E-state index contributed by atoms with van der Waals surface area (Å²) in [6.45, 7) is 1.94. The van der Waals surface area contributed by atoms with Gasteiger partial charge in [0.1, 0.15) is 0 Å². The summed E-state index contributed by atoms with van der Waals surface area (Å²) in [4.78, 5) is 4.28. The molecule has 21 heavy (non-hydrogen) atoms. The van der Waals surface area contributed by atoms with Crippen LogP contribution >= 0.6 is 0 Å². The Labute approximate surface area is 123 Å². The molecule has 0 aliphatic heterocycles. The molecule has 0 radical (unpaired) electrons. The number of methoxy groups -OCH3 is 3. The van der Waals surface area contributed by atoms with E-state index in [4.69, 9.17) is 19.9 Å². The fraction of sp³-hybridized carbons (Fsp3) is 0.267. The van der Waals surface area contributed by atoms with E-state index in [1.54, 1.807) is 39.7 Å². The van der Waals surface area contributed by atoms with Crippen molar-refractivity contribution >= 4 is 17.2 Å². The highest BCUT2D eigenvalue weighted by Gasteiger charge is 2.14. The number of nitrogens with two attached hydrogens (primary N) is 1. The van der Waals surface area contributed by atoms with Gasteiger partial charge in [-0.3, -0.25) is 0 Å². The van der Waals surface area contributed by atoms with Crippen LogP contribution in [0.2, 0.25) is 0 Å². The van der Waals surface area contributed by atoms with E-state index >= 15 is 0 Å². The summed E-state index contributed by atoms with van der Waals surface area (Å²) in [5, 5.41) is 3.15. The average molecular weight is 289 g/mol. The lowest BCUT2D eigenvalue weighted by molar-refractivity contribution is 0.324. The monoisotopic (exact) mass is 289 g/mol. The maximum Gasteiger partial charge on any atom is 0.203 e. The summed E-state index contributed by atoms with van der Waals surface area (Å²) in [5.74, 6) is 2.24. The first kappa shape index (κ1) is 14.8. The normalized spacial score (nSPS) is 10.1. The molecule has 0 fully saturated rings. The number of benzene rings is 1. The van der Waals surface area contributed by atoms with E-state index in [0.717, 1.165) is 11.3 Å². The minimum absolute atomic E-state index is 0.537. The first-order chi connectivity index (χ1) is 10.1. The number of hydrogen-bond acceptors (Lipinski definition) is 6. The van der Waals surface area contributed by atoms with Gasteiger partial charge in [0.25, 0.3) is 0 Å². The predicted molar refractivity (Wildman–Crippen MR) is 82.8 cm³/mol. The maximum atomic E-state index is 5.95. The van der Waals surface area contributed by atoms with Crippen molar-refractivity contribution in [2.24, 2.45) is 0 Å². The van der Waals surface area contributed by atoms with Gasteiger partial charge in [0, 0.05) is 24.0 Å². The van der Waals surface area contributed by atoms with Crippen molar-refractivity contribution in [3.8, 4) is 17.2 Å². The minimum atomic E-state index is 0.537. The van der Waals surface area contributed by atoms with Crippen molar-refractivity contribution in [1.82, 2.24) is 4.98 Å². The molecule has 2 rings (SSSR count). The smallest absolute Gasteiger partial charge is 0.203 e. The minimum Gasteiger partial charge on any atom is -0.493 e. The van der Waals surface area contributed by atoms with Crippen LogP contribution in [0.4, 0.5) is 17.2 Å². The first-order valence-electron chi connectivity index (χ1n) is 6.38. The fourth-order valence-corrected chi connectivity index (χ4v) is 1.99. The summed E-state index contributed by atoms with van der Waals surface area (Å²) in [7, 11) is 4.70. The number of anilines is 3. The summed E-state index contributed by atoms with van der Waals surface area (Å²) in [6.07, 6.45) is 1.75. The third-order valence-electron chi connectivity index (χ3n) is 2.98. The second-order valence-electron chi connectivity index (χ2n) is 4.49. The molecule has 1 heterocycles. The number of aromatic nitrogens is 1. The van der Waals surface area contributed by atoms with E-state index in [2.05, 4.69) is 10.3 Å². The topological polar surface area (TPSA) is 78.6 Å². The van der Waals surface area contributed by atoms with Crippen molar-refractivity contribution in [2.45, 2.75) is 6.92 Å². The van der Waals surface area contributed by atoms with Crippen LogP contribution in [-0.4, -0.2) is 26.3 Å². The van der Waals surface area contributed by atoms with Crippen molar-refractivity contribution in [3.05, 3.63) is 30.0 Å². The van der Waals surface area contributed by atoms with Crippen LogP contribution in [-0.2, 0) is 0 Å². The predicted octanol–water partition coefficient (Wildman–Crippen LogP) is 2.74. The zero-order valence-corrected chi connectivity index (χ0v) is 12.6.